The first kappa shape index (κ1) is 13.2. The van der Waals surface area contributed by atoms with Gasteiger partial charge in [0.2, 0.25) is 0 Å². The summed E-state index contributed by atoms with van der Waals surface area (Å²) < 4.78 is 19.0. The zero-order chi connectivity index (χ0) is 13.1. The van der Waals surface area contributed by atoms with Crippen LogP contribution in [-0.2, 0) is 5.88 Å². The number of alkyl halides is 1. The van der Waals surface area contributed by atoms with Gasteiger partial charge in [0.05, 0.1) is 0 Å². The molecule has 4 heteroatoms. The Balaban J connectivity index is 2.30. The Kier molecular flexibility index (Phi) is 4.10. The molecule has 0 heterocycles. The Hall–Kier alpha value is -1.25. The lowest BCUT2D eigenvalue weighted by Crippen LogP contribution is -1.90. The van der Waals surface area contributed by atoms with E-state index in [1.54, 1.807) is 24.3 Å². The molecule has 0 aliphatic heterocycles. The lowest BCUT2D eigenvalue weighted by molar-refractivity contribution is 0.472. The Labute approximate surface area is 115 Å². The summed E-state index contributed by atoms with van der Waals surface area (Å²) >= 11 is 11.5. The van der Waals surface area contributed by atoms with Crippen molar-refractivity contribution >= 4 is 23.2 Å². The second-order valence-electron chi connectivity index (χ2n) is 3.94. The smallest absolute Gasteiger partial charge is 0.130 e. The number of hydrogen-bond acceptors (Lipinski definition) is 1. The molecule has 0 N–H and O–H groups in total. The van der Waals surface area contributed by atoms with Gasteiger partial charge in [0.15, 0.2) is 0 Å². The van der Waals surface area contributed by atoms with Gasteiger partial charge in [-0.25, -0.2) is 4.39 Å². The van der Waals surface area contributed by atoms with Gasteiger partial charge in [-0.05, 0) is 48.4 Å². The lowest BCUT2D eigenvalue weighted by Gasteiger charge is -2.10. The van der Waals surface area contributed by atoms with Gasteiger partial charge in [0.25, 0.3) is 0 Å². The van der Waals surface area contributed by atoms with Crippen molar-refractivity contribution in [1.29, 1.82) is 0 Å². The van der Waals surface area contributed by atoms with E-state index in [0.717, 1.165) is 5.56 Å². The molecule has 0 bridgehead atoms. The minimum atomic E-state index is -0.366. The van der Waals surface area contributed by atoms with Crippen molar-refractivity contribution in [3.8, 4) is 11.5 Å². The minimum absolute atomic E-state index is 0.244. The molecule has 0 radical (unpaired) electrons. The maximum atomic E-state index is 13.3. The van der Waals surface area contributed by atoms with Crippen LogP contribution in [0.4, 0.5) is 4.39 Å². The fourth-order valence-electron chi connectivity index (χ4n) is 1.61. The van der Waals surface area contributed by atoms with E-state index in [4.69, 9.17) is 27.9 Å². The van der Waals surface area contributed by atoms with E-state index in [2.05, 4.69) is 0 Å². The number of aryl methyl sites for hydroxylation is 1. The van der Waals surface area contributed by atoms with Gasteiger partial charge in [-0.1, -0.05) is 11.6 Å². The molecule has 0 amide bonds. The molecule has 1 nitrogen and oxygen atoms in total. The Morgan fingerprint density at radius 3 is 2.61 bits per heavy atom. The Morgan fingerprint density at radius 1 is 1.17 bits per heavy atom. The highest BCUT2D eigenvalue weighted by molar-refractivity contribution is 6.30. The lowest BCUT2D eigenvalue weighted by atomic mass is 10.2. The molecule has 0 aliphatic carbocycles. The zero-order valence-corrected chi connectivity index (χ0v) is 11.2. The SMILES string of the molecule is Cc1cc(Cl)ccc1Oc1cc(F)cc(CCl)c1. The van der Waals surface area contributed by atoms with Gasteiger partial charge < -0.3 is 4.74 Å². The molecular formula is C14H11Cl2FO. The van der Waals surface area contributed by atoms with Crippen LogP contribution in [0.5, 0.6) is 11.5 Å². The number of rotatable bonds is 3. The molecule has 0 saturated carbocycles. The van der Waals surface area contributed by atoms with Gasteiger partial charge >= 0.3 is 0 Å². The highest BCUT2D eigenvalue weighted by Gasteiger charge is 2.05. The van der Waals surface area contributed by atoms with E-state index >= 15 is 0 Å². The predicted molar refractivity (Wildman–Crippen MR) is 72.2 cm³/mol. The third-order valence-corrected chi connectivity index (χ3v) is 2.99. The van der Waals surface area contributed by atoms with Gasteiger partial charge in [0.1, 0.15) is 17.3 Å². The molecule has 0 spiro atoms. The fourth-order valence-corrected chi connectivity index (χ4v) is 1.99. The van der Waals surface area contributed by atoms with Crippen LogP contribution >= 0.6 is 23.2 Å². The van der Waals surface area contributed by atoms with Crippen LogP contribution in [0.25, 0.3) is 0 Å². The van der Waals surface area contributed by atoms with Crippen LogP contribution in [0.3, 0.4) is 0 Å². The number of halogens is 3. The summed E-state index contributed by atoms with van der Waals surface area (Å²) in [6, 6.07) is 9.69. The summed E-state index contributed by atoms with van der Waals surface area (Å²) in [5.41, 5.74) is 1.57. The summed E-state index contributed by atoms with van der Waals surface area (Å²) in [5.74, 6) is 0.949. The summed E-state index contributed by atoms with van der Waals surface area (Å²) in [6.07, 6.45) is 0. The zero-order valence-electron chi connectivity index (χ0n) is 9.71. The Morgan fingerprint density at radius 2 is 1.94 bits per heavy atom. The van der Waals surface area contributed by atoms with Crippen LogP contribution in [0.15, 0.2) is 36.4 Å². The Bertz CT molecular complexity index is 570. The maximum absolute atomic E-state index is 13.3. The standard InChI is InChI=1S/C14H11Cl2FO/c1-9-4-11(16)2-3-14(9)18-13-6-10(8-15)5-12(17)7-13/h2-7H,8H2,1H3. The number of hydrogen-bond donors (Lipinski definition) is 0. The molecule has 2 aromatic rings. The largest absolute Gasteiger partial charge is 0.457 e. The molecule has 18 heavy (non-hydrogen) atoms. The first-order chi connectivity index (χ1) is 8.58. The van der Waals surface area contributed by atoms with Crippen molar-refractivity contribution in [2.45, 2.75) is 12.8 Å². The third kappa shape index (κ3) is 3.15. The molecular weight excluding hydrogens is 274 g/mol. The van der Waals surface area contributed by atoms with Crippen LogP contribution in [0.1, 0.15) is 11.1 Å². The second-order valence-corrected chi connectivity index (χ2v) is 4.64. The van der Waals surface area contributed by atoms with E-state index in [1.807, 2.05) is 6.92 Å². The molecule has 0 unspecified atom stereocenters. The molecule has 0 saturated heterocycles. The third-order valence-electron chi connectivity index (χ3n) is 2.45. The minimum Gasteiger partial charge on any atom is -0.457 e. The molecule has 2 rings (SSSR count). The highest BCUT2D eigenvalue weighted by atomic mass is 35.5. The summed E-state index contributed by atoms with van der Waals surface area (Å²) in [4.78, 5) is 0. The average Bonchev–Trinajstić information content (AvgIpc) is 2.32. The topological polar surface area (TPSA) is 9.23 Å². The van der Waals surface area contributed by atoms with Crippen molar-refractivity contribution in [1.82, 2.24) is 0 Å². The highest BCUT2D eigenvalue weighted by Crippen LogP contribution is 2.28. The fraction of sp³-hybridized carbons (Fsp3) is 0.143. The van der Waals surface area contributed by atoms with Gasteiger partial charge in [-0.15, -0.1) is 11.6 Å². The number of benzene rings is 2. The predicted octanol–water partition coefficient (Wildman–Crippen LogP) is 5.32. The van der Waals surface area contributed by atoms with Crippen molar-refractivity contribution in [2.24, 2.45) is 0 Å². The molecule has 0 aromatic heterocycles. The maximum Gasteiger partial charge on any atom is 0.130 e. The van der Waals surface area contributed by atoms with Gasteiger partial charge in [0, 0.05) is 17.0 Å². The van der Waals surface area contributed by atoms with Crippen LogP contribution in [-0.4, -0.2) is 0 Å². The van der Waals surface area contributed by atoms with E-state index in [0.29, 0.717) is 22.1 Å². The van der Waals surface area contributed by atoms with Crippen molar-refractivity contribution in [2.75, 3.05) is 0 Å². The summed E-state index contributed by atoms with van der Waals surface area (Å²) in [5, 5.41) is 0.639. The summed E-state index contributed by atoms with van der Waals surface area (Å²) in [6.45, 7) is 1.88. The second kappa shape index (κ2) is 5.59. The van der Waals surface area contributed by atoms with Crippen LogP contribution in [0.2, 0.25) is 5.02 Å². The van der Waals surface area contributed by atoms with Gasteiger partial charge in [-0.3, -0.25) is 0 Å². The van der Waals surface area contributed by atoms with E-state index in [9.17, 15) is 4.39 Å². The van der Waals surface area contributed by atoms with Crippen LogP contribution < -0.4 is 4.74 Å². The summed E-state index contributed by atoms with van der Waals surface area (Å²) in [7, 11) is 0. The monoisotopic (exact) mass is 284 g/mol. The molecule has 94 valence electrons. The van der Waals surface area contributed by atoms with E-state index < -0.39 is 0 Å². The molecule has 2 aromatic carbocycles. The van der Waals surface area contributed by atoms with Crippen LogP contribution in [0, 0.1) is 12.7 Å². The quantitative estimate of drug-likeness (QED) is 0.693. The van der Waals surface area contributed by atoms with Crippen molar-refractivity contribution in [3.05, 3.63) is 58.4 Å². The first-order valence-electron chi connectivity index (χ1n) is 5.38. The molecule has 0 atom stereocenters. The van der Waals surface area contributed by atoms with E-state index in [-0.39, 0.29) is 11.7 Å². The van der Waals surface area contributed by atoms with E-state index in [1.165, 1.54) is 12.1 Å². The first-order valence-corrected chi connectivity index (χ1v) is 6.29. The average molecular weight is 285 g/mol. The normalized spacial score (nSPS) is 10.4. The van der Waals surface area contributed by atoms with Crippen molar-refractivity contribution in [3.63, 3.8) is 0 Å². The molecule has 0 fully saturated rings. The number of ether oxygens (including phenoxy) is 1. The van der Waals surface area contributed by atoms with Gasteiger partial charge in [-0.2, -0.15) is 0 Å². The molecule has 0 aliphatic rings. The van der Waals surface area contributed by atoms with Crippen molar-refractivity contribution < 1.29 is 9.13 Å².